The zero-order valence-corrected chi connectivity index (χ0v) is 19.1. The van der Waals surface area contributed by atoms with E-state index in [2.05, 4.69) is 4.74 Å². The molecule has 11 heteroatoms. The number of hydrogen-bond acceptors (Lipinski definition) is 6. The molecule has 3 rings (SSSR count). The molecule has 2 heterocycles. The topological polar surface area (TPSA) is 81.5 Å². The lowest BCUT2D eigenvalue weighted by molar-refractivity contribution is -0.274. The van der Waals surface area contributed by atoms with Gasteiger partial charge in [0.05, 0.1) is 12.7 Å². The number of carbonyl (C=O) groups excluding carboxylic acids is 2. The van der Waals surface area contributed by atoms with Crippen LogP contribution < -0.4 is 4.74 Å². The summed E-state index contributed by atoms with van der Waals surface area (Å²) in [6.07, 6.45) is -5.28. The summed E-state index contributed by atoms with van der Waals surface area (Å²) in [5, 5.41) is 0. The highest BCUT2D eigenvalue weighted by Gasteiger charge is 2.34. The van der Waals surface area contributed by atoms with Crippen LogP contribution in [-0.2, 0) is 27.5 Å². The van der Waals surface area contributed by atoms with E-state index < -0.39 is 18.4 Å². The van der Waals surface area contributed by atoms with Crippen molar-refractivity contribution in [3.8, 4) is 5.75 Å². The second-order valence-electron chi connectivity index (χ2n) is 8.15. The van der Waals surface area contributed by atoms with Crippen molar-refractivity contribution in [2.45, 2.75) is 45.6 Å². The van der Waals surface area contributed by atoms with E-state index in [-0.39, 0.29) is 56.3 Å². The summed E-state index contributed by atoms with van der Waals surface area (Å²) in [6.45, 7) is 4.32. The molecule has 1 atom stereocenters. The third-order valence-corrected chi connectivity index (χ3v) is 5.18. The van der Waals surface area contributed by atoms with E-state index >= 15 is 0 Å². The van der Waals surface area contributed by atoms with Crippen LogP contribution in [0.25, 0.3) is 0 Å². The van der Waals surface area contributed by atoms with E-state index in [1.54, 1.807) is 11.0 Å². The fourth-order valence-corrected chi connectivity index (χ4v) is 3.57. The van der Waals surface area contributed by atoms with Gasteiger partial charge in [0.25, 0.3) is 5.91 Å². The van der Waals surface area contributed by atoms with Crippen molar-refractivity contribution in [1.82, 2.24) is 9.80 Å². The maximum Gasteiger partial charge on any atom is 0.573 e. The van der Waals surface area contributed by atoms with Crippen LogP contribution in [0.3, 0.4) is 0 Å². The van der Waals surface area contributed by atoms with Crippen molar-refractivity contribution in [2.24, 2.45) is 0 Å². The summed E-state index contributed by atoms with van der Waals surface area (Å²) in [4.78, 5) is 28.8. The Balaban J connectivity index is 1.70. The highest BCUT2D eigenvalue weighted by Crippen LogP contribution is 2.23. The van der Waals surface area contributed by atoms with Crippen LogP contribution in [0.2, 0.25) is 0 Å². The SMILES string of the molecule is COCc1ccc(C(=O)N2CC(=O)N(C(C)C)CC(OCc3ccc(OC(F)(F)F)cc3)C2)o1. The Morgan fingerprint density at radius 1 is 1.12 bits per heavy atom. The van der Waals surface area contributed by atoms with Crippen molar-refractivity contribution in [3.05, 3.63) is 53.5 Å². The van der Waals surface area contributed by atoms with Crippen molar-refractivity contribution in [2.75, 3.05) is 26.7 Å². The van der Waals surface area contributed by atoms with Crippen LogP contribution in [0.1, 0.15) is 35.7 Å². The van der Waals surface area contributed by atoms with Gasteiger partial charge < -0.3 is 28.4 Å². The first-order valence-corrected chi connectivity index (χ1v) is 10.7. The van der Waals surface area contributed by atoms with Gasteiger partial charge in [-0.1, -0.05) is 12.1 Å². The number of ether oxygens (including phenoxy) is 3. The molecule has 1 saturated heterocycles. The number of halogens is 3. The molecule has 2 amide bonds. The molecular formula is C23H27F3N2O6. The molecule has 1 aliphatic heterocycles. The van der Waals surface area contributed by atoms with E-state index in [0.29, 0.717) is 11.3 Å². The monoisotopic (exact) mass is 484 g/mol. The van der Waals surface area contributed by atoms with E-state index in [1.165, 1.54) is 42.3 Å². The Bertz CT molecular complexity index is 974. The predicted octanol–water partition coefficient (Wildman–Crippen LogP) is 3.60. The Morgan fingerprint density at radius 2 is 1.82 bits per heavy atom. The lowest BCUT2D eigenvalue weighted by Gasteiger charge is -2.27. The van der Waals surface area contributed by atoms with Crippen LogP contribution in [0.4, 0.5) is 13.2 Å². The lowest BCUT2D eigenvalue weighted by Crippen LogP contribution is -2.42. The molecule has 34 heavy (non-hydrogen) atoms. The maximum absolute atomic E-state index is 13.0. The summed E-state index contributed by atoms with van der Waals surface area (Å²) < 4.78 is 57.4. The third-order valence-electron chi connectivity index (χ3n) is 5.18. The van der Waals surface area contributed by atoms with Gasteiger partial charge in [-0.2, -0.15) is 0 Å². The molecule has 0 bridgehead atoms. The smallest absolute Gasteiger partial charge is 0.453 e. The molecule has 0 spiro atoms. The molecule has 186 valence electrons. The van der Waals surface area contributed by atoms with Gasteiger partial charge in [-0.15, -0.1) is 13.2 Å². The number of furan rings is 1. The number of benzene rings is 1. The number of rotatable bonds is 8. The molecule has 1 unspecified atom stereocenters. The summed E-state index contributed by atoms with van der Waals surface area (Å²) in [6, 6.07) is 8.40. The van der Waals surface area contributed by atoms with Gasteiger partial charge in [0.1, 0.15) is 24.7 Å². The van der Waals surface area contributed by atoms with E-state index in [4.69, 9.17) is 13.9 Å². The van der Waals surface area contributed by atoms with Gasteiger partial charge in [0, 0.05) is 26.2 Å². The Morgan fingerprint density at radius 3 is 2.44 bits per heavy atom. The van der Waals surface area contributed by atoms with E-state index in [9.17, 15) is 22.8 Å². The van der Waals surface area contributed by atoms with Gasteiger partial charge in [-0.05, 0) is 43.7 Å². The highest BCUT2D eigenvalue weighted by molar-refractivity contribution is 5.94. The second kappa shape index (κ2) is 10.9. The first-order valence-electron chi connectivity index (χ1n) is 10.7. The van der Waals surface area contributed by atoms with Crippen molar-refractivity contribution < 1.29 is 41.4 Å². The molecule has 1 aromatic heterocycles. The van der Waals surface area contributed by atoms with E-state index in [0.717, 1.165) is 0 Å². The standard InChI is InChI=1S/C23H27F3N2O6/c1-15(2)28-11-19(32-13-16-4-6-17(7-5-16)34-23(24,25)26)10-27(12-21(28)29)22(30)20-9-8-18(33-20)14-31-3/h4-9,15,19H,10-14H2,1-3H3. The lowest BCUT2D eigenvalue weighted by atomic mass is 10.2. The second-order valence-corrected chi connectivity index (χ2v) is 8.15. The molecule has 2 aromatic rings. The van der Waals surface area contributed by atoms with Crippen LogP contribution in [0.5, 0.6) is 5.75 Å². The normalized spacial score (nSPS) is 17.3. The highest BCUT2D eigenvalue weighted by atomic mass is 19.4. The fourth-order valence-electron chi connectivity index (χ4n) is 3.57. The van der Waals surface area contributed by atoms with Gasteiger partial charge in [-0.25, -0.2) is 0 Å². The molecule has 0 N–H and O–H groups in total. The average molecular weight is 484 g/mol. The molecule has 1 aliphatic rings. The summed E-state index contributed by atoms with van der Waals surface area (Å²) in [7, 11) is 1.51. The predicted molar refractivity (Wildman–Crippen MR) is 114 cm³/mol. The summed E-state index contributed by atoms with van der Waals surface area (Å²) in [5.41, 5.74) is 0.620. The molecule has 0 radical (unpaired) electrons. The first-order chi connectivity index (χ1) is 16.1. The Labute approximate surface area is 195 Å². The number of nitrogens with zero attached hydrogens (tertiary/aromatic N) is 2. The molecule has 0 aliphatic carbocycles. The zero-order chi connectivity index (χ0) is 24.9. The van der Waals surface area contributed by atoms with Gasteiger partial charge in [0.2, 0.25) is 5.91 Å². The van der Waals surface area contributed by atoms with Gasteiger partial charge >= 0.3 is 6.36 Å². The maximum atomic E-state index is 13.0. The number of hydrogen-bond donors (Lipinski definition) is 0. The Hall–Kier alpha value is -3.05. The van der Waals surface area contributed by atoms with Gasteiger partial charge in [-0.3, -0.25) is 9.59 Å². The number of carbonyl (C=O) groups is 2. The van der Waals surface area contributed by atoms with Crippen molar-refractivity contribution >= 4 is 11.8 Å². The fraction of sp³-hybridized carbons (Fsp3) is 0.478. The quantitative estimate of drug-likeness (QED) is 0.570. The van der Waals surface area contributed by atoms with Gasteiger partial charge in [0.15, 0.2) is 5.76 Å². The largest absolute Gasteiger partial charge is 0.573 e. The molecule has 1 aromatic carbocycles. The first kappa shape index (κ1) is 25.6. The molecule has 0 saturated carbocycles. The minimum atomic E-state index is -4.76. The minimum Gasteiger partial charge on any atom is -0.453 e. The summed E-state index contributed by atoms with van der Waals surface area (Å²) >= 11 is 0. The van der Waals surface area contributed by atoms with Crippen LogP contribution in [0.15, 0.2) is 40.8 Å². The number of methoxy groups -OCH3 is 1. The van der Waals surface area contributed by atoms with E-state index in [1.807, 2.05) is 13.8 Å². The summed E-state index contributed by atoms with van der Waals surface area (Å²) in [5.74, 6) is -0.404. The number of amides is 2. The number of alkyl halides is 3. The molecule has 1 fully saturated rings. The zero-order valence-electron chi connectivity index (χ0n) is 19.1. The van der Waals surface area contributed by atoms with Crippen molar-refractivity contribution in [3.63, 3.8) is 0 Å². The Kier molecular flexibility index (Phi) is 8.21. The average Bonchev–Trinajstić information content (AvgIpc) is 3.15. The van der Waals surface area contributed by atoms with Crippen LogP contribution in [0, 0.1) is 0 Å². The van der Waals surface area contributed by atoms with Crippen LogP contribution >= 0.6 is 0 Å². The molecular weight excluding hydrogens is 457 g/mol. The third kappa shape index (κ3) is 6.97. The van der Waals surface area contributed by atoms with Crippen molar-refractivity contribution in [1.29, 1.82) is 0 Å². The van der Waals surface area contributed by atoms with Crippen LogP contribution in [-0.4, -0.2) is 66.9 Å². The molecule has 8 nitrogen and oxygen atoms in total. The minimum absolute atomic E-state index is 0.0812.